The van der Waals surface area contributed by atoms with Crippen LogP contribution in [-0.4, -0.2) is 9.78 Å². The van der Waals surface area contributed by atoms with E-state index in [9.17, 15) is 9.18 Å². The van der Waals surface area contributed by atoms with Crippen molar-refractivity contribution in [3.63, 3.8) is 0 Å². The maximum atomic E-state index is 13.2. The van der Waals surface area contributed by atoms with Gasteiger partial charge in [0.25, 0.3) is 5.56 Å². The van der Waals surface area contributed by atoms with Gasteiger partial charge >= 0.3 is 0 Å². The smallest absolute Gasteiger partial charge is 0.274 e. The molecule has 0 bridgehead atoms. The van der Waals surface area contributed by atoms with Gasteiger partial charge in [-0.3, -0.25) is 4.79 Å². The van der Waals surface area contributed by atoms with E-state index in [-0.39, 0.29) is 17.9 Å². The maximum Gasteiger partial charge on any atom is 0.274 e. The standard InChI is InChI=1S/C15H12FN3O/c16-12-5-6-14(17)11(7-12)9-19-15(20)13-4-2-1-3-10(13)8-18-19/h1-8H,9,17H2. The highest BCUT2D eigenvalue weighted by molar-refractivity contribution is 5.80. The van der Waals surface area contributed by atoms with Crippen LogP contribution in [0.15, 0.2) is 53.5 Å². The highest BCUT2D eigenvalue weighted by Gasteiger charge is 2.07. The van der Waals surface area contributed by atoms with Gasteiger partial charge in [-0.25, -0.2) is 9.07 Å². The number of hydrogen-bond donors (Lipinski definition) is 1. The van der Waals surface area contributed by atoms with Crippen LogP contribution in [-0.2, 0) is 6.54 Å². The first kappa shape index (κ1) is 12.3. The van der Waals surface area contributed by atoms with E-state index in [1.54, 1.807) is 18.3 Å². The van der Waals surface area contributed by atoms with Crippen molar-refractivity contribution in [1.82, 2.24) is 9.78 Å². The zero-order valence-electron chi connectivity index (χ0n) is 10.6. The first-order chi connectivity index (χ1) is 9.65. The molecule has 0 saturated carbocycles. The molecule has 0 amide bonds. The number of nitrogens with two attached hydrogens (primary N) is 1. The van der Waals surface area contributed by atoms with Crippen molar-refractivity contribution < 1.29 is 4.39 Å². The zero-order valence-corrected chi connectivity index (χ0v) is 10.6. The number of nitrogen functional groups attached to an aromatic ring is 1. The Bertz CT molecular complexity index is 842. The van der Waals surface area contributed by atoms with Crippen molar-refractivity contribution in [2.75, 3.05) is 5.73 Å². The van der Waals surface area contributed by atoms with E-state index >= 15 is 0 Å². The van der Waals surface area contributed by atoms with Crippen LogP contribution in [0.4, 0.5) is 10.1 Å². The van der Waals surface area contributed by atoms with Gasteiger partial charge < -0.3 is 5.73 Å². The lowest BCUT2D eigenvalue weighted by atomic mass is 10.1. The molecular formula is C15H12FN3O. The number of hydrogen-bond acceptors (Lipinski definition) is 3. The van der Waals surface area contributed by atoms with E-state index in [0.717, 1.165) is 5.39 Å². The van der Waals surface area contributed by atoms with Crippen molar-refractivity contribution in [3.8, 4) is 0 Å². The van der Waals surface area contributed by atoms with Gasteiger partial charge in [0.2, 0.25) is 0 Å². The van der Waals surface area contributed by atoms with E-state index < -0.39 is 0 Å². The summed E-state index contributed by atoms with van der Waals surface area (Å²) in [7, 11) is 0. The molecule has 1 aromatic heterocycles. The fourth-order valence-corrected chi connectivity index (χ4v) is 2.11. The minimum absolute atomic E-state index is 0.146. The molecule has 0 spiro atoms. The first-order valence-electron chi connectivity index (χ1n) is 6.14. The lowest BCUT2D eigenvalue weighted by Crippen LogP contribution is -2.23. The predicted molar refractivity (Wildman–Crippen MR) is 75.9 cm³/mol. The largest absolute Gasteiger partial charge is 0.398 e. The molecule has 0 aliphatic rings. The second-order valence-electron chi connectivity index (χ2n) is 4.54. The van der Waals surface area contributed by atoms with Gasteiger partial charge in [0.15, 0.2) is 0 Å². The number of anilines is 1. The summed E-state index contributed by atoms with van der Waals surface area (Å²) in [6, 6.07) is 11.3. The fourth-order valence-electron chi connectivity index (χ4n) is 2.11. The van der Waals surface area contributed by atoms with Crippen molar-refractivity contribution in [3.05, 3.63) is 70.4 Å². The average molecular weight is 269 g/mol. The summed E-state index contributed by atoms with van der Waals surface area (Å²) in [5.41, 5.74) is 6.55. The summed E-state index contributed by atoms with van der Waals surface area (Å²) in [6.07, 6.45) is 1.62. The quantitative estimate of drug-likeness (QED) is 0.725. The Hall–Kier alpha value is -2.69. The molecule has 20 heavy (non-hydrogen) atoms. The Balaban J connectivity index is 2.09. The third kappa shape index (κ3) is 2.14. The van der Waals surface area contributed by atoms with Gasteiger partial charge in [-0.1, -0.05) is 18.2 Å². The van der Waals surface area contributed by atoms with Crippen molar-refractivity contribution in [2.24, 2.45) is 0 Å². The summed E-state index contributed by atoms with van der Waals surface area (Å²) in [6.45, 7) is 0.146. The molecule has 0 saturated heterocycles. The molecule has 3 aromatic rings. The molecule has 0 aliphatic heterocycles. The van der Waals surface area contributed by atoms with Gasteiger partial charge in [0.05, 0.1) is 18.1 Å². The van der Waals surface area contributed by atoms with Gasteiger partial charge in [-0.15, -0.1) is 0 Å². The molecule has 2 N–H and O–H groups in total. The van der Waals surface area contributed by atoms with Crippen LogP contribution >= 0.6 is 0 Å². The monoisotopic (exact) mass is 269 g/mol. The van der Waals surface area contributed by atoms with Gasteiger partial charge in [-0.05, 0) is 29.8 Å². The van der Waals surface area contributed by atoms with Crippen molar-refractivity contribution >= 4 is 16.5 Å². The van der Waals surface area contributed by atoms with Crippen LogP contribution in [0.3, 0.4) is 0 Å². The molecule has 2 aromatic carbocycles. The van der Waals surface area contributed by atoms with Crippen LogP contribution in [0.2, 0.25) is 0 Å². The Labute approximate surface area is 114 Å². The normalized spacial score (nSPS) is 10.8. The average Bonchev–Trinajstić information content (AvgIpc) is 2.46. The number of aromatic nitrogens is 2. The molecule has 0 unspecified atom stereocenters. The van der Waals surface area contributed by atoms with E-state index in [2.05, 4.69) is 5.10 Å². The van der Waals surface area contributed by atoms with Gasteiger partial charge in [0, 0.05) is 11.1 Å². The molecule has 100 valence electrons. The maximum absolute atomic E-state index is 13.2. The SMILES string of the molecule is Nc1ccc(F)cc1Cn1ncc2ccccc2c1=O. The van der Waals surface area contributed by atoms with E-state index in [1.807, 2.05) is 12.1 Å². The van der Waals surface area contributed by atoms with Crippen LogP contribution in [0.5, 0.6) is 0 Å². The molecular weight excluding hydrogens is 257 g/mol. The van der Waals surface area contributed by atoms with Crippen molar-refractivity contribution in [2.45, 2.75) is 6.54 Å². The third-order valence-corrected chi connectivity index (χ3v) is 3.19. The minimum atomic E-state index is -0.386. The van der Waals surface area contributed by atoms with Crippen molar-refractivity contribution in [1.29, 1.82) is 0 Å². The highest BCUT2D eigenvalue weighted by Crippen LogP contribution is 2.14. The lowest BCUT2D eigenvalue weighted by Gasteiger charge is -2.08. The molecule has 4 nitrogen and oxygen atoms in total. The molecule has 0 fully saturated rings. The van der Waals surface area contributed by atoms with Gasteiger partial charge in [-0.2, -0.15) is 5.10 Å². The van der Waals surface area contributed by atoms with E-state index in [0.29, 0.717) is 16.6 Å². The highest BCUT2D eigenvalue weighted by atomic mass is 19.1. The Morgan fingerprint density at radius 3 is 2.85 bits per heavy atom. The molecule has 1 heterocycles. The summed E-state index contributed by atoms with van der Waals surface area (Å²) < 4.78 is 14.5. The number of halogens is 1. The summed E-state index contributed by atoms with van der Waals surface area (Å²) >= 11 is 0. The number of rotatable bonds is 2. The molecule has 3 rings (SSSR count). The number of nitrogens with zero attached hydrogens (tertiary/aromatic N) is 2. The summed E-state index contributed by atoms with van der Waals surface area (Å²) in [4.78, 5) is 12.3. The van der Waals surface area contributed by atoms with E-state index in [4.69, 9.17) is 5.73 Å². The lowest BCUT2D eigenvalue weighted by molar-refractivity contribution is 0.614. The topological polar surface area (TPSA) is 60.9 Å². The van der Waals surface area contributed by atoms with Crippen LogP contribution in [0.25, 0.3) is 10.8 Å². The Kier molecular flexibility index (Phi) is 2.95. The third-order valence-electron chi connectivity index (χ3n) is 3.19. The van der Waals surface area contributed by atoms with Crippen LogP contribution in [0, 0.1) is 5.82 Å². The Morgan fingerprint density at radius 1 is 1.20 bits per heavy atom. The zero-order chi connectivity index (χ0) is 14.1. The Morgan fingerprint density at radius 2 is 2.00 bits per heavy atom. The summed E-state index contributed by atoms with van der Waals surface area (Å²) in [5, 5.41) is 5.46. The van der Waals surface area contributed by atoms with E-state index in [1.165, 1.54) is 22.9 Å². The second-order valence-corrected chi connectivity index (χ2v) is 4.54. The summed E-state index contributed by atoms with van der Waals surface area (Å²) in [5.74, 6) is -0.386. The number of fused-ring (bicyclic) bond motifs is 1. The van der Waals surface area contributed by atoms with Gasteiger partial charge in [0.1, 0.15) is 5.82 Å². The molecule has 0 aliphatic carbocycles. The predicted octanol–water partition coefficient (Wildman–Crippen LogP) is 2.17. The molecule has 5 heteroatoms. The molecule has 0 radical (unpaired) electrons. The minimum Gasteiger partial charge on any atom is -0.398 e. The second kappa shape index (κ2) is 4.77. The van der Waals surface area contributed by atoms with Crippen LogP contribution in [0.1, 0.15) is 5.56 Å². The number of benzene rings is 2. The molecule has 0 atom stereocenters. The first-order valence-corrected chi connectivity index (χ1v) is 6.14. The van der Waals surface area contributed by atoms with Crippen LogP contribution < -0.4 is 11.3 Å². The fraction of sp³-hybridized carbons (Fsp3) is 0.0667.